The van der Waals surface area contributed by atoms with Crippen LogP contribution in [0.15, 0.2) is 129 Å². The number of carbonyl (C=O) groups excluding carboxylic acids is 2. The minimum atomic E-state index is -0.497. The molecule has 8 heterocycles. The second-order valence-electron chi connectivity index (χ2n) is 23.0. The number of rotatable bonds is 27. The molecule has 6 aliphatic heterocycles. The second kappa shape index (κ2) is 36.1. The molecule has 8 atom stereocenters. The first-order valence-corrected chi connectivity index (χ1v) is 30.9. The van der Waals surface area contributed by atoms with Crippen molar-refractivity contribution in [2.24, 2.45) is 11.8 Å². The third-order valence-corrected chi connectivity index (χ3v) is 14.1. The van der Waals surface area contributed by atoms with E-state index in [1.54, 1.807) is 52.5 Å². The highest BCUT2D eigenvalue weighted by Crippen LogP contribution is 2.25. The molecule has 0 unspecified atom stereocenters. The molecule has 22 heteroatoms. The SMILES string of the molecule is C=C1NC(=O)C(C)=CN1[C@H]1C=C[C@@H](COCCC)O1.C=C1NC(=O)C(C)=CN1[C@H]1C=C[C@@H](COCCCC)O1.CCCCOC[C@@H]1C=C[C@H](n2cc(C)c(=O)n(CCCC)c2=O)O1.Cc1cn([C@H]2C=C[C@@H](COCC(C)C)O2)c(=O)n(CC(C)C)c1=O. The van der Waals surface area contributed by atoms with Gasteiger partial charge in [0.2, 0.25) is 0 Å². The number of hydrogen-bond acceptors (Lipinski definition) is 16. The number of unbranched alkanes of at least 4 members (excludes halogenated alkanes) is 3. The largest absolute Gasteiger partial charge is 0.378 e. The number of aryl methyl sites for hydroxylation is 2. The molecule has 8 rings (SSSR count). The van der Waals surface area contributed by atoms with Crippen LogP contribution in [0.25, 0.3) is 0 Å². The first kappa shape index (κ1) is 71.3. The number of hydrogen-bond donors (Lipinski definition) is 2. The standard InChI is InChI=1S/2C18H28N2O4.C15H22N2O3.C14H20N2O3/c1-12(2)8-20-17(21)14(5)9-19(18(20)22)16-7-6-15(24-16)11-23-10-13(3)4;1-4-6-10-19-17(21)14(3)12-20(18(19)22)16-9-8-15(24-16)13-23-11-7-5-2;1-4-5-8-19-10-13-6-7-14(20-13)17-9-11(2)15(18)16-12(17)3;1-4-7-18-9-12-5-6-13(19-12)16-8-10(2)14(17)15-11(16)3/h6-7,9,12-13,15-16H,8,10-11H2,1-5H3;8-9,12,15-16H,4-7,10-11,13H2,1-3H3;6-7,9,13-14H,3-5,8,10H2,1-2H3,(H,16,18);5-6,8,12-13H,3-4,7,9H2,1-2H3,(H,15,17)/t2*15-,16+;13-,14+;12-,13+/m0000/s1. The minimum absolute atomic E-state index is 0.0454. The predicted molar refractivity (Wildman–Crippen MR) is 335 cm³/mol. The Labute approximate surface area is 513 Å². The van der Waals surface area contributed by atoms with E-state index in [0.29, 0.717) is 86.0 Å². The molecule has 0 aliphatic carbocycles. The molecule has 0 aromatic carbocycles. The number of aromatic nitrogens is 4. The van der Waals surface area contributed by atoms with Gasteiger partial charge < -0.3 is 58.3 Å². The molecule has 0 spiro atoms. The summed E-state index contributed by atoms with van der Waals surface area (Å²) >= 11 is 0. The van der Waals surface area contributed by atoms with E-state index < -0.39 is 12.5 Å². The van der Waals surface area contributed by atoms with E-state index in [1.807, 2.05) is 79.2 Å². The van der Waals surface area contributed by atoms with Gasteiger partial charge in [-0.1, -0.05) is 112 Å². The van der Waals surface area contributed by atoms with Crippen molar-refractivity contribution in [3.8, 4) is 0 Å². The summed E-state index contributed by atoms with van der Waals surface area (Å²) in [5.74, 6) is 1.50. The smallest absolute Gasteiger partial charge is 0.333 e. The van der Waals surface area contributed by atoms with Crippen molar-refractivity contribution < 1.29 is 47.5 Å². The van der Waals surface area contributed by atoms with Crippen molar-refractivity contribution in [2.75, 3.05) is 52.9 Å². The first-order valence-electron chi connectivity index (χ1n) is 30.9. The third-order valence-electron chi connectivity index (χ3n) is 14.1. The molecule has 0 saturated heterocycles. The van der Waals surface area contributed by atoms with Crippen LogP contribution in [0.5, 0.6) is 0 Å². The van der Waals surface area contributed by atoms with E-state index in [1.165, 1.54) is 18.3 Å². The zero-order valence-corrected chi connectivity index (χ0v) is 53.5. The highest BCUT2D eigenvalue weighted by Gasteiger charge is 2.31. The Bertz CT molecular complexity index is 3040. The van der Waals surface area contributed by atoms with Crippen molar-refractivity contribution in [1.29, 1.82) is 0 Å². The molecule has 2 aromatic rings. The van der Waals surface area contributed by atoms with Crippen molar-refractivity contribution in [3.05, 3.63) is 162 Å². The summed E-state index contributed by atoms with van der Waals surface area (Å²) in [4.78, 5) is 76.3. The van der Waals surface area contributed by atoms with Crippen LogP contribution >= 0.6 is 0 Å². The Kier molecular flexibility index (Phi) is 29.6. The molecule has 0 bridgehead atoms. The van der Waals surface area contributed by atoms with Crippen molar-refractivity contribution >= 4 is 11.8 Å². The first-order chi connectivity index (χ1) is 41.6. The molecule has 0 radical (unpaired) electrons. The monoisotopic (exact) mass is 1210 g/mol. The van der Waals surface area contributed by atoms with Crippen LogP contribution < -0.4 is 33.1 Å². The van der Waals surface area contributed by atoms with E-state index in [4.69, 9.17) is 37.9 Å². The van der Waals surface area contributed by atoms with Crippen LogP contribution in [-0.2, 0) is 60.6 Å². The highest BCUT2D eigenvalue weighted by atomic mass is 16.6. The zero-order chi connectivity index (χ0) is 63.7. The normalized spacial score (nSPS) is 22.9. The van der Waals surface area contributed by atoms with Crippen LogP contribution in [0.3, 0.4) is 0 Å². The average Bonchev–Trinajstić information content (AvgIpc) is 2.27. The molecule has 87 heavy (non-hydrogen) atoms. The number of ether oxygens (including phenoxy) is 8. The fourth-order valence-electron chi connectivity index (χ4n) is 9.28. The summed E-state index contributed by atoms with van der Waals surface area (Å²) in [6.07, 6.45) is 27.2. The van der Waals surface area contributed by atoms with Crippen LogP contribution in [0.4, 0.5) is 0 Å². The van der Waals surface area contributed by atoms with Crippen molar-refractivity contribution in [2.45, 2.75) is 190 Å². The van der Waals surface area contributed by atoms with Gasteiger partial charge >= 0.3 is 11.4 Å². The number of amides is 2. The maximum atomic E-state index is 12.7. The van der Waals surface area contributed by atoms with Gasteiger partial charge in [-0.25, -0.2) is 9.59 Å². The number of nitrogens with zero attached hydrogens (tertiary/aromatic N) is 6. The molecular weight excluding hydrogens is 1120 g/mol. The Morgan fingerprint density at radius 3 is 1.26 bits per heavy atom. The summed E-state index contributed by atoms with van der Waals surface area (Å²) in [7, 11) is 0. The highest BCUT2D eigenvalue weighted by molar-refractivity contribution is 5.95. The maximum absolute atomic E-state index is 12.7. The van der Waals surface area contributed by atoms with E-state index in [0.717, 1.165) is 64.8 Å². The van der Waals surface area contributed by atoms with Crippen LogP contribution in [-0.4, -0.2) is 130 Å². The Hall–Kier alpha value is -6.50. The minimum Gasteiger partial charge on any atom is -0.378 e. The number of carbonyl (C=O) groups is 2. The van der Waals surface area contributed by atoms with Gasteiger partial charge in [0, 0.05) is 86.6 Å². The van der Waals surface area contributed by atoms with Crippen molar-refractivity contribution in [3.63, 3.8) is 0 Å². The molecule has 2 amide bonds. The molecule has 22 nitrogen and oxygen atoms in total. The van der Waals surface area contributed by atoms with Gasteiger partial charge in [0.1, 0.15) is 36.1 Å². The lowest BCUT2D eigenvalue weighted by Crippen LogP contribution is -2.43. The molecule has 2 N–H and O–H groups in total. The fraction of sp³-hybridized carbons (Fsp3) is 0.600. The van der Waals surface area contributed by atoms with Crippen LogP contribution in [0.1, 0.15) is 138 Å². The van der Waals surface area contributed by atoms with Gasteiger partial charge in [0.05, 0.1) is 26.4 Å². The van der Waals surface area contributed by atoms with Gasteiger partial charge in [-0.05, 0) is 89.5 Å². The topological polar surface area (TPSA) is 227 Å². The molecule has 0 fully saturated rings. The Balaban J connectivity index is 0.000000213. The lowest BCUT2D eigenvalue weighted by Gasteiger charge is -2.32. The summed E-state index contributed by atoms with van der Waals surface area (Å²) < 4.78 is 51.2. The lowest BCUT2D eigenvalue weighted by molar-refractivity contribution is -0.119. The molecule has 2 aromatic heterocycles. The van der Waals surface area contributed by atoms with Gasteiger partial charge in [0.25, 0.3) is 22.9 Å². The summed E-state index contributed by atoms with van der Waals surface area (Å²) in [5.41, 5.74) is 1.25. The van der Waals surface area contributed by atoms with E-state index >= 15 is 0 Å². The van der Waals surface area contributed by atoms with Crippen LogP contribution in [0, 0.1) is 25.7 Å². The third kappa shape index (κ3) is 21.7. The fourth-order valence-corrected chi connectivity index (χ4v) is 9.28. The summed E-state index contributed by atoms with van der Waals surface area (Å²) in [6, 6.07) is 0. The Morgan fingerprint density at radius 1 is 0.483 bits per heavy atom. The Morgan fingerprint density at radius 2 is 0.862 bits per heavy atom. The lowest BCUT2D eigenvalue weighted by atomic mass is 10.2. The number of nitrogens with one attached hydrogen (secondary N) is 2. The molecule has 0 saturated carbocycles. The van der Waals surface area contributed by atoms with E-state index in [-0.39, 0.29) is 77.1 Å². The molecular formula is C65H98N8O14. The van der Waals surface area contributed by atoms with Gasteiger partial charge in [-0.2, -0.15) is 0 Å². The zero-order valence-electron chi connectivity index (χ0n) is 53.5. The summed E-state index contributed by atoms with van der Waals surface area (Å²) in [6.45, 7) is 36.9. The average molecular weight is 1220 g/mol. The van der Waals surface area contributed by atoms with Crippen molar-refractivity contribution in [1.82, 2.24) is 38.7 Å². The van der Waals surface area contributed by atoms with Gasteiger partial charge in [-0.3, -0.25) is 37.4 Å². The second-order valence-corrected chi connectivity index (χ2v) is 23.0. The molecule has 482 valence electrons. The summed E-state index contributed by atoms with van der Waals surface area (Å²) in [5, 5.41) is 5.41. The molecule has 6 aliphatic rings. The van der Waals surface area contributed by atoms with E-state index in [9.17, 15) is 28.8 Å². The maximum Gasteiger partial charge on any atom is 0.333 e. The predicted octanol–water partition coefficient (Wildman–Crippen LogP) is 7.88. The van der Waals surface area contributed by atoms with E-state index in [2.05, 4.69) is 58.4 Å². The van der Waals surface area contributed by atoms with Gasteiger partial charge in [0.15, 0.2) is 24.9 Å². The van der Waals surface area contributed by atoms with Crippen LogP contribution in [0.2, 0.25) is 0 Å². The van der Waals surface area contributed by atoms with Gasteiger partial charge in [-0.15, -0.1) is 0 Å². The quantitative estimate of drug-likeness (QED) is 0.0641.